The summed E-state index contributed by atoms with van der Waals surface area (Å²) in [5, 5.41) is 10.1. The number of benzene rings is 1. The van der Waals surface area contributed by atoms with Gasteiger partial charge >= 0.3 is 5.96 Å². The molecule has 0 unspecified atom stereocenters. The Balaban J connectivity index is 2.41. The van der Waals surface area contributed by atoms with Crippen LogP contribution in [0.5, 0.6) is 5.75 Å². The van der Waals surface area contributed by atoms with Gasteiger partial charge in [-0.05, 0) is 17.1 Å². The average molecular weight is 250 g/mol. The first-order valence-corrected chi connectivity index (χ1v) is 4.80. The first-order valence-electron chi connectivity index (χ1n) is 4.80. The highest BCUT2D eigenvalue weighted by Crippen LogP contribution is 2.07. The number of nitro groups is 1. The standard InChI is InChI=1S/C10H10N4O4/c11-10(14(16)17)13-7-12-9(15)6-18-8-4-2-1-3-5-8/h1-5,7H,6H2,(H2,11,12,13,15). The number of guanidine groups is 1. The Morgan fingerprint density at radius 3 is 2.72 bits per heavy atom. The molecule has 1 aromatic carbocycles. The molecular formula is C10H10N4O4. The molecule has 1 aromatic rings. The van der Waals surface area contributed by atoms with E-state index in [-0.39, 0.29) is 6.61 Å². The highest BCUT2D eigenvalue weighted by atomic mass is 16.6. The first kappa shape index (κ1) is 13.3. The number of rotatable bonds is 4. The number of hydrogen-bond donors (Lipinski definition) is 1. The molecule has 0 saturated carbocycles. The predicted octanol–water partition coefficient (Wildman–Crippen LogP) is 0.212. The highest BCUT2D eigenvalue weighted by Gasteiger charge is 2.02. The lowest BCUT2D eigenvalue weighted by Crippen LogP contribution is -2.22. The Kier molecular flexibility index (Phi) is 4.98. The fourth-order valence-corrected chi connectivity index (χ4v) is 0.899. The van der Waals surface area contributed by atoms with Crippen LogP contribution >= 0.6 is 0 Å². The zero-order chi connectivity index (χ0) is 13.4. The van der Waals surface area contributed by atoms with Gasteiger partial charge in [-0.15, -0.1) is 0 Å². The van der Waals surface area contributed by atoms with Crippen LogP contribution in [0, 0.1) is 10.1 Å². The zero-order valence-electron chi connectivity index (χ0n) is 9.22. The molecule has 8 heteroatoms. The maximum absolute atomic E-state index is 11.2. The molecule has 0 aliphatic heterocycles. The summed E-state index contributed by atoms with van der Waals surface area (Å²) in [6.07, 6.45) is 0.717. The van der Waals surface area contributed by atoms with Crippen molar-refractivity contribution in [2.75, 3.05) is 6.61 Å². The molecule has 0 aliphatic carbocycles. The van der Waals surface area contributed by atoms with Gasteiger partial charge < -0.3 is 14.9 Å². The number of carbonyl (C=O) groups excluding carboxylic acids is 1. The summed E-state index contributed by atoms with van der Waals surface area (Å²) in [7, 11) is 0. The van der Waals surface area contributed by atoms with Gasteiger partial charge in [0.1, 0.15) is 5.75 Å². The number of nitrogens with two attached hydrogens (primary N) is 1. The number of hydrogen-bond acceptors (Lipinski definition) is 4. The largest absolute Gasteiger partial charge is 0.484 e. The summed E-state index contributed by atoms with van der Waals surface area (Å²) in [6, 6.07) is 8.68. The van der Waals surface area contributed by atoms with Crippen molar-refractivity contribution in [1.82, 2.24) is 0 Å². The van der Waals surface area contributed by atoms with E-state index in [9.17, 15) is 14.9 Å². The smallest absolute Gasteiger partial charge is 0.426 e. The van der Waals surface area contributed by atoms with Gasteiger partial charge in [-0.1, -0.05) is 23.2 Å². The molecule has 0 saturated heterocycles. The Morgan fingerprint density at radius 1 is 1.44 bits per heavy atom. The molecular weight excluding hydrogens is 240 g/mol. The van der Waals surface area contributed by atoms with Gasteiger partial charge in [0.2, 0.25) is 0 Å². The molecule has 0 atom stereocenters. The lowest BCUT2D eigenvalue weighted by molar-refractivity contribution is -0.352. The number of para-hydroxylation sites is 1. The minimum atomic E-state index is -0.892. The van der Waals surface area contributed by atoms with Crippen LogP contribution in [0.25, 0.3) is 0 Å². The second-order valence-corrected chi connectivity index (χ2v) is 2.98. The molecule has 0 bridgehead atoms. The highest BCUT2D eigenvalue weighted by molar-refractivity contribution is 5.89. The van der Waals surface area contributed by atoms with Crippen molar-refractivity contribution in [3.05, 3.63) is 40.4 Å². The zero-order valence-corrected chi connectivity index (χ0v) is 9.22. The predicted molar refractivity (Wildman–Crippen MR) is 64.1 cm³/mol. The molecule has 0 radical (unpaired) electrons. The molecule has 0 aromatic heterocycles. The maximum Gasteiger partial charge on any atom is 0.426 e. The Morgan fingerprint density at radius 2 is 2.11 bits per heavy atom. The molecule has 94 valence electrons. The van der Waals surface area contributed by atoms with E-state index in [0.29, 0.717) is 5.75 Å². The fraction of sp³-hybridized carbons (Fsp3) is 0.100. The molecule has 8 nitrogen and oxygen atoms in total. The third kappa shape index (κ3) is 4.84. The van der Waals surface area contributed by atoms with E-state index in [0.717, 1.165) is 6.34 Å². The van der Waals surface area contributed by atoms with E-state index in [1.807, 2.05) is 6.07 Å². The molecule has 0 fully saturated rings. The Labute approximate surface area is 102 Å². The van der Waals surface area contributed by atoms with Crippen LogP contribution in [-0.2, 0) is 4.79 Å². The third-order valence-corrected chi connectivity index (χ3v) is 1.68. The van der Waals surface area contributed by atoms with Crippen LogP contribution in [0.3, 0.4) is 0 Å². The van der Waals surface area contributed by atoms with Crippen LogP contribution in [-0.4, -0.2) is 29.7 Å². The molecule has 2 N–H and O–H groups in total. The second kappa shape index (κ2) is 6.74. The van der Waals surface area contributed by atoms with Gasteiger partial charge in [0.15, 0.2) is 12.9 Å². The van der Waals surface area contributed by atoms with Crippen molar-refractivity contribution < 1.29 is 14.5 Å². The third-order valence-electron chi connectivity index (χ3n) is 1.68. The van der Waals surface area contributed by atoms with E-state index >= 15 is 0 Å². The van der Waals surface area contributed by atoms with Crippen molar-refractivity contribution in [1.29, 1.82) is 0 Å². The maximum atomic E-state index is 11.2. The lowest BCUT2D eigenvalue weighted by Gasteiger charge is -2.01. The second-order valence-electron chi connectivity index (χ2n) is 2.98. The Hall–Kier alpha value is -2.77. The summed E-state index contributed by atoms with van der Waals surface area (Å²) < 4.78 is 5.10. The van der Waals surface area contributed by atoms with Gasteiger partial charge in [0.25, 0.3) is 5.91 Å². The van der Waals surface area contributed by atoms with Crippen molar-refractivity contribution in [2.24, 2.45) is 15.7 Å². The van der Waals surface area contributed by atoms with E-state index < -0.39 is 16.8 Å². The van der Waals surface area contributed by atoms with Crippen molar-refractivity contribution in [3.8, 4) is 5.75 Å². The fourth-order valence-electron chi connectivity index (χ4n) is 0.899. The van der Waals surface area contributed by atoms with E-state index in [1.54, 1.807) is 24.3 Å². The van der Waals surface area contributed by atoms with Crippen LogP contribution in [0.4, 0.5) is 0 Å². The van der Waals surface area contributed by atoms with Crippen LogP contribution in [0.1, 0.15) is 0 Å². The summed E-state index contributed by atoms with van der Waals surface area (Å²) in [5.74, 6) is -0.941. The van der Waals surface area contributed by atoms with Crippen LogP contribution in [0.15, 0.2) is 40.3 Å². The average Bonchev–Trinajstić information content (AvgIpc) is 2.37. The monoisotopic (exact) mass is 250 g/mol. The van der Waals surface area contributed by atoms with Crippen molar-refractivity contribution >= 4 is 18.2 Å². The van der Waals surface area contributed by atoms with Crippen molar-refractivity contribution in [2.45, 2.75) is 0 Å². The molecule has 1 rings (SSSR count). The van der Waals surface area contributed by atoms with E-state index in [2.05, 4.69) is 9.98 Å². The topological polar surface area (TPSA) is 120 Å². The minimum Gasteiger partial charge on any atom is -0.484 e. The van der Waals surface area contributed by atoms with Gasteiger partial charge in [0, 0.05) is 0 Å². The van der Waals surface area contributed by atoms with Gasteiger partial charge in [0.05, 0.1) is 0 Å². The quantitative estimate of drug-likeness (QED) is 0.354. The van der Waals surface area contributed by atoms with E-state index in [4.69, 9.17) is 10.5 Å². The Bertz CT molecular complexity index is 484. The summed E-state index contributed by atoms with van der Waals surface area (Å²) in [4.78, 5) is 26.8. The number of aliphatic imine (C=N–C) groups is 2. The summed E-state index contributed by atoms with van der Waals surface area (Å²) >= 11 is 0. The number of nitrogens with zero attached hydrogens (tertiary/aromatic N) is 3. The number of carbonyl (C=O) groups is 1. The number of ether oxygens (including phenoxy) is 1. The lowest BCUT2D eigenvalue weighted by atomic mass is 10.3. The first-order chi connectivity index (χ1) is 8.59. The SMILES string of the molecule is NC(=NC=NC(=O)COc1ccccc1)[N+](=O)[O-]. The van der Waals surface area contributed by atoms with Crippen LogP contribution < -0.4 is 10.5 Å². The van der Waals surface area contributed by atoms with E-state index in [1.165, 1.54) is 0 Å². The van der Waals surface area contributed by atoms with Crippen LogP contribution in [0.2, 0.25) is 0 Å². The molecule has 0 aliphatic rings. The molecule has 0 spiro atoms. The van der Waals surface area contributed by atoms with Crippen molar-refractivity contribution in [3.63, 3.8) is 0 Å². The summed E-state index contributed by atoms with van der Waals surface area (Å²) in [5.41, 5.74) is 4.88. The van der Waals surface area contributed by atoms with Gasteiger partial charge in [-0.25, -0.2) is 0 Å². The van der Waals surface area contributed by atoms with Gasteiger partial charge in [-0.3, -0.25) is 10.5 Å². The van der Waals surface area contributed by atoms with Gasteiger partial charge in [-0.2, -0.15) is 4.99 Å². The molecule has 0 heterocycles. The molecule has 18 heavy (non-hydrogen) atoms. The molecule has 1 amide bonds. The number of amides is 1. The minimum absolute atomic E-state index is 0.283. The summed E-state index contributed by atoms with van der Waals surface area (Å²) in [6.45, 7) is -0.283. The normalized spacial score (nSPS) is 11.4.